The van der Waals surface area contributed by atoms with Gasteiger partial charge in [0.2, 0.25) is 0 Å². The highest BCUT2D eigenvalue weighted by atomic mass is 16.5. The van der Waals surface area contributed by atoms with Crippen molar-refractivity contribution in [1.29, 1.82) is 0 Å². The number of ether oxygens (including phenoxy) is 1. The van der Waals surface area contributed by atoms with Gasteiger partial charge >= 0.3 is 0 Å². The van der Waals surface area contributed by atoms with Crippen LogP contribution < -0.4 is 5.56 Å². The first-order valence-electron chi connectivity index (χ1n) is 4.34. The molecular weight excluding hydrogens is 166 g/mol. The van der Waals surface area contributed by atoms with Crippen molar-refractivity contribution < 1.29 is 4.74 Å². The second-order valence-electron chi connectivity index (χ2n) is 3.20. The van der Waals surface area contributed by atoms with E-state index < -0.39 is 0 Å². The Balaban J connectivity index is 2.89. The number of methoxy groups -OCH3 is 1. The number of aromatic nitrogens is 1. The lowest BCUT2D eigenvalue weighted by Gasteiger charge is -2.11. The lowest BCUT2D eigenvalue weighted by molar-refractivity contribution is 0.102. The molecule has 0 spiro atoms. The van der Waals surface area contributed by atoms with Crippen LogP contribution in [0, 0.1) is 6.92 Å². The van der Waals surface area contributed by atoms with E-state index in [1.807, 2.05) is 26.0 Å². The summed E-state index contributed by atoms with van der Waals surface area (Å²) in [5.41, 5.74) is 0.831. The molecule has 0 amide bonds. The van der Waals surface area contributed by atoms with Gasteiger partial charge in [-0.15, -0.1) is 0 Å². The standard InChI is InChI=1S/C10H15NO2/c1-8-5-4-6-11(10(8)12)7-9(2)13-3/h4-6,9H,7H2,1-3H3. The molecule has 1 aromatic heterocycles. The van der Waals surface area contributed by atoms with E-state index in [9.17, 15) is 4.79 Å². The van der Waals surface area contributed by atoms with E-state index in [0.29, 0.717) is 6.54 Å². The van der Waals surface area contributed by atoms with Gasteiger partial charge in [-0.1, -0.05) is 6.07 Å². The highest BCUT2D eigenvalue weighted by Gasteiger charge is 2.03. The molecule has 3 nitrogen and oxygen atoms in total. The second kappa shape index (κ2) is 4.23. The maximum atomic E-state index is 11.5. The minimum Gasteiger partial charge on any atom is -0.380 e. The number of hydrogen-bond acceptors (Lipinski definition) is 2. The van der Waals surface area contributed by atoms with Gasteiger partial charge in [-0.2, -0.15) is 0 Å². The maximum absolute atomic E-state index is 11.5. The molecule has 1 heterocycles. The lowest BCUT2D eigenvalue weighted by atomic mass is 10.3. The van der Waals surface area contributed by atoms with Crippen LogP contribution in [0.5, 0.6) is 0 Å². The molecule has 0 aliphatic rings. The summed E-state index contributed by atoms with van der Waals surface area (Å²) in [7, 11) is 1.64. The minimum atomic E-state index is 0.0615. The summed E-state index contributed by atoms with van der Waals surface area (Å²) in [6, 6.07) is 3.69. The van der Waals surface area contributed by atoms with Gasteiger partial charge in [-0.05, 0) is 19.9 Å². The van der Waals surface area contributed by atoms with Crippen LogP contribution in [0.4, 0.5) is 0 Å². The van der Waals surface area contributed by atoms with Crippen LogP contribution in [-0.2, 0) is 11.3 Å². The normalized spacial score (nSPS) is 12.8. The fraction of sp³-hybridized carbons (Fsp3) is 0.500. The average Bonchev–Trinajstić information content (AvgIpc) is 2.13. The summed E-state index contributed by atoms with van der Waals surface area (Å²) in [5, 5.41) is 0. The molecule has 0 aromatic carbocycles. The predicted molar refractivity (Wildman–Crippen MR) is 51.9 cm³/mol. The van der Waals surface area contributed by atoms with Crippen molar-refractivity contribution in [1.82, 2.24) is 4.57 Å². The smallest absolute Gasteiger partial charge is 0.253 e. The van der Waals surface area contributed by atoms with Crippen LogP contribution in [0.2, 0.25) is 0 Å². The van der Waals surface area contributed by atoms with Crippen LogP contribution >= 0.6 is 0 Å². The Morgan fingerprint density at radius 1 is 1.62 bits per heavy atom. The highest BCUT2D eigenvalue weighted by molar-refractivity contribution is 5.07. The van der Waals surface area contributed by atoms with Crippen LogP contribution in [0.25, 0.3) is 0 Å². The van der Waals surface area contributed by atoms with Crippen molar-refractivity contribution in [3.05, 3.63) is 34.2 Å². The fourth-order valence-corrected chi connectivity index (χ4v) is 1.15. The monoisotopic (exact) mass is 181 g/mol. The molecule has 0 saturated heterocycles. The molecule has 0 N–H and O–H groups in total. The third-order valence-corrected chi connectivity index (χ3v) is 2.07. The Morgan fingerprint density at radius 3 is 2.92 bits per heavy atom. The highest BCUT2D eigenvalue weighted by Crippen LogP contribution is 1.94. The van der Waals surface area contributed by atoms with Crippen molar-refractivity contribution in [3.63, 3.8) is 0 Å². The molecule has 0 radical (unpaired) electrons. The van der Waals surface area contributed by atoms with E-state index in [1.165, 1.54) is 0 Å². The zero-order chi connectivity index (χ0) is 9.84. The first kappa shape index (κ1) is 9.99. The number of nitrogens with zero attached hydrogens (tertiary/aromatic N) is 1. The molecule has 0 bridgehead atoms. The van der Waals surface area contributed by atoms with E-state index in [-0.39, 0.29) is 11.7 Å². The maximum Gasteiger partial charge on any atom is 0.253 e. The Bertz CT molecular complexity index is 330. The van der Waals surface area contributed by atoms with Crippen molar-refractivity contribution >= 4 is 0 Å². The van der Waals surface area contributed by atoms with Gasteiger partial charge in [0.1, 0.15) is 0 Å². The average molecular weight is 181 g/mol. The van der Waals surface area contributed by atoms with E-state index in [4.69, 9.17) is 4.74 Å². The molecule has 1 rings (SSSR count). The Hall–Kier alpha value is -1.09. The zero-order valence-corrected chi connectivity index (χ0v) is 8.28. The largest absolute Gasteiger partial charge is 0.380 e. The minimum absolute atomic E-state index is 0.0615. The zero-order valence-electron chi connectivity index (χ0n) is 8.28. The molecule has 0 aliphatic heterocycles. The van der Waals surface area contributed by atoms with Crippen molar-refractivity contribution in [2.24, 2.45) is 0 Å². The van der Waals surface area contributed by atoms with Gasteiger partial charge in [-0.3, -0.25) is 4.79 Å². The molecular formula is C10H15NO2. The molecule has 1 unspecified atom stereocenters. The Labute approximate surface area is 78.0 Å². The quantitative estimate of drug-likeness (QED) is 0.701. The van der Waals surface area contributed by atoms with E-state index in [1.54, 1.807) is 17.9 Å². The van der Waals surface area contributed by atoms with Gasteiger partial charge in [0, 0.05) is 18.9 Å². The molecule has 0 fully saturated rings. The van der Waals surface area contributed by atoms with E-state index in [2.05, 4.69) is 0 Å². The lowest BCUT2D eigenvalue weighted by Crippen LogP contribution is -2.26. The summed E-state index contributed by atoms with van der Waals surface area (Å²) in [6.07, 6.45) is 1.85. The van der Waals surface area contributed by atoms with Crippen LogP contribution in [0.15, 0.2) is 23.1 Å². The molecule has 0 aliphatic carbocycles. The van der Waals surface area contributed by atoms with E-state index in [0.717, 1.165) is 5.56 Å². The molecule has 3 heteroatoms. The van der Waals surface area contributed by atoms with Crippen LogP contribution in [-0.4, -0.2) is 17.8 Å². The third-order valence-electron chi connectivity index (χ3n) is 2.07. The summed E-state index contributed by atoms with van der Waals surface area (Å²) < 4.78 is 6.76. The number of aryl methyl sites for hydroxylation is 1. The van der Waals surface area contributed by atoms with Gasteiger partial charge in [0.05, 0.1) is 12.6 Å². The number of pyridine rings is 1. The number of rotatable bonds is 3. The topological polar surface area (TPSA) is 31.2 Å². The summed E-state index contributed by atoms with van der Waals surface area (Å²) >= 11 is 0. The first-order chi connectivity index (χ1) is 6.15. The molecule has 1 atom stereocenters. The second-order valence-corrected chi connectivity index (χ2v) is 3.20. The van der Waals surface area contributed by atoms with Crippen molar-refractivity contribution in [2.45, 2.75) is 26.5 Å². The first-order valence-corrected chi connectivity index (χ1v) is 4.34. The van der Waals surface area contributed by atoms with Gasteiger partial charge in [0.25, 0.3) is 5.56 Å². The van der Waals surface area contributed by atoms with Gasteiger partial charge in [0.15, 0.2) is 0 Å². The van der Waals surface area contributed by atoms with Crippen molar-refractivity contribution in [2.75, 3.05) is 7.11 Å². The number of hydrogen-bond donors (Lipinski definition) is 0. The molecule has 0 saturated carbocycles. The summed E-state index contributed by atoms with van der Waals surface area (Å²) in [6.45, 7) is 4.36. The third kappa shape index (κ3) is 2.42. The van der Waals surface area contributed by atoms with E-state index >= 15 is 0 Å². The predicted octanol–water partition coefficient (Wildman–Crippen LogP) is 1.19. The SMILES string of the molecule is COC(C)Cn1cccc(C)c1=O. The van der Waals surface area contributed by atoms with Crippen molar-refractivity contribution in [3.8, 4) is 0 Å². The summed E-state index contributed by atoms with van der Waals surface area (Å²) in [4.78, 5) is 11.5. The Kier molecular flexibility index (Phi) is 3.25. The summed E-state index contributed by atoms with van der Waals surface area (Å²) in [5.74, 6) is 0. The van der Waals surface area contributed by atoms with Gasteiger partial charge in [-0.25, -0.2) is 0 Å². The fourth-order valence-electron chi connectivity index (χ4n) is 1.15. The molecule has 72 valence electrons. The molecule has 1 aromatic rings. The molecule has 13 heavy (non-hydrogen) atoms. The Morgan fingerprint density at radius 2 is 2.31 bits per heavy atom. The van der Waals surface area contributed by atoms with Crippen LogP contribution in [0.3, 0.4) is 0 Å². The van der Waals surface area contributed by atoms with Crippen LogP contribution in [0.1, 0.15) is 12.5 Å². The van der Waals surface area contributed by atoms with Gasteiger partial charge < -0.3 is 9.30 Å².